The van der Waals surface area contributed by atoms with E-state index in [0.717, 1.165) is 22.4 Å². The summed E-state index contributed by atoms with van der Waals surface area (Å²) in [5.41, 5.74) is 1.14. The molecular formula is C22H15ClF3N3OS. The van der Waals surface area contributed by atoms with Gasteiger partial charge in [0.1, 0.15) is 0 Å². The smallest absolute Gasteiger partial charge is 0.278 e. The number of hydrogen-bond acceptors (Lipinski definition) is 4. The average molecular weight is 462 g/mol. The number of aryl methyl sites for hydroxylation is 1. The van der Waals surface area contributed by atoms with Crippen molar-refractivity contribution < 1.29 is 18.0 Å². The highest BCUT2D eigenvalue weighted by molar-refractivity contribution is 7.22. The van der Waals surface area contributed by atoms with Crippen molar-refractivity contribution in [3.8, 4) is 0 Å². The Bertz CT molecular complexity index is 1260. The van der Waals surface area contributed by atoms with Crippen LogP contribution in [0, 0.1) is 6.92 Å². The van der Waals surface area contributed by atoms with E-state index in [1.165, 1.54) is 28.4 Å². The largest absolute Gasteiger partial charge is 0.416 e. The molecule has 1 amide bonds. The number of amides is 1. The van der Waals surface area contributed by atoms with Crippen LogP contribution in [0.5, 0.6) is 0 Å². The van der Waals surface area contributed by atoms with Crippen molar-refractivity contribution in [1.82, 2.24) is 9.97 Å². The van der Waals surface area contributed by atoms with E-state index in [-0.39, 0.29) is 12.1 Å². The van der Waals surface area contributed by atoms with Crippen LogP contribution >= 0.6 is 22.9 Å². The average Bonchev–Trinajstić information content (AvgIpc) is 3.16. The molecule has 2 aromatic carbocycles. The molecule has 0 bridgehead atoms. The summed E-state index contributed by atoms with van der Waals surface area (Å²) in [5, 5.41) is 0.897. The minimum absolute atomic E-state index is 0.0581. The van der Waals surface area contributed by atoms with Gasteiger partial charge in [-0.2, -0.15) is 13.2 Å². The number of hydrogen-bond donors (Lipinski definition) is 0. The van der Waals surface area contributed by atoms with Gasteiger partial charge in [-0.3, -0.25) is 14.7 Å². The maximum atomic E-state index is 13.3. The van der Waals surface area contributed by atoms with Crippen LogP contribution in [0.2, 0.25) is 5.02 Å². The lowest BCUT2D eigenvalue weighted by Crippen LogP contribution is -2.31. The number of carbonyl (C=O) groups is 1. The minimum atomic E-state index is -4.55. The number of pyridine rings is 1. The predicted octanol–water partition coefficient (Wildman–Crippen LogP) is 6.52. The Balaban J connectivity index is 1.80. The second-order valence-electron chi connectivity index (χ2n) is 6.86. The molecule has 0 aliphatic carbocycles. The van der Waals surface area contributed by atoms with Gasteiger partial charge in [-0.15, -0.1) is 0 Å². The zero-order valence-electron chi connectivity index (χ0n) is 16.2. The Morgan fingerprint density at radius 2 is 1.94 bits per heavy atom. The van der Waals surface area contributed by atoms with Crippen molar-refractivity contribution in [2.24, 2.45) is 0 Å². The Kier molecular flexibility index (Phi) is 5.68. The van der Waals surface area contributed by atoms with Crippen molar-refractivity contribution in [1.29, 1.82) is 0 Å². The molecule has 0 fully saturated rings. The van der Waals surface area contributed by atoms with Crippen LogP contribution in [-0.2, 0) is 12.7 Å². The number of thiazole rings is 1. The summed E-state index contributed by atoms with van der Waals surface area (Å²) in [6.45, 7) is 1.91. The first-order chi connectivity index (χ1) is 14.7. The van der Waals surface area contributed by atoms with E-state index in [2.05, 4.69) is 9.97 Å². The number of carbonyl (C=O) groups excluding carboxylic acids is 1. The monoisotopic (exact) mass is 461 g/mol. The lowest BCUT2D eigenvalue weighted by Gasteiger charge is -2.20. The fraction of sp³-hybridized carbons (Fsp3) is 0.136. The molecule has 9 heteroatoms. The van der Waals surface area contributed by atoms with Crippen LogP contribution in [0.25, 0.3) is 10.2 Å². The first-order valence-electron chi connectivity index (χ1n) is 9.18. The number of halogens is 4. The highest BCUT2D eigenvalue weighted by atomic mass is 35.5. The standard InChI is InChI=1S/C22H15ClF3N3OS/c1-13-9-16(23)11-18-19(13)28-21(31-18)29(12-17-7-2-3-8-27-17)20(30)14-5-4-6-15(10-14)22(24,25)26/h2-11H,12H2,1H3. The molecule has 2 heterocycles. The maximum Gasteiger partial charge on any atom is 0.416 e. The number of fused-ring (bicyclic) bond motifs is 1. The van der Waals surface area contributed by atoms with Gasteiger partial charge in [0, 0.05) is 16.8 Å². The van der Waals surface area contributed by atoms with E-state index in [1.54, 1.807) is 36.5 Å². The quantitative estimate of drug-likeness (QED) is 0.347. The first kappa shape index (κ1) is 21.3. The molecule has 0 atom stereocenters. The van der Waals surface area contributed by atoms with Gasteiger partial charge in [-0.25, -0.2) is 4.98 Å². The molecule has 0 radical (unpaired) electrons. The van der Waals surface area contributed by atoms with Crippen molar-refractivity contribution >= 4 is 44.2 Å². The summed E-state index contributed by atoms with van der Waals surface area (Å²) >= 11 is 7.39. The van der Waals surface area contributed by atoms with E-state index in [1.807, 2.05) is 6.92 Å². The Labute approximate surface area is 184 Å². The summed E-state index contributed by atoms with van der Waals surface area (Å²) in [6.07, 6.45) is -2.96. The lowest BCUT2D eigenvalue weighted by molar-refractivity contribution is -0.137. The van der Waals surface area contributed by atoms with Gasteiger partial charge in [0.25, 0.3) is 5.91 Å². The third-order valence-corrected chi connectivity index (χ3v) is 5.84. The first-order valence-corrected chi connectivity index (χ1v) is 10.4. The molecule has 0 N–H and O–H groups in total. The molecular weight excluding hydrogens is 447 g/mol. The van der Waals surface area contributed by atoms with Crippen LogP contribution < -0.4 is 4.90 Å². The van der Waals surface area contributed by atoms with Crippen LogP contribution in [0.15, 0.2) is 60.8 Å². The Morgan fingerprint density at radius 3 is 2.65 bits per heavy atom. The number of alkyl halides is 3. The topological polar surface area (TPSA) is 46.1 Å². The molecule has 31 heavy (non-hydrogen) atoms. The summed E-state index contributed by atoms with van der Waals surface area (Å²) in [6, 6.07) is 13.1. The minimum Gasteiger partial charge on any atom is -0.278 e. The fourth-order valence-corrected chi connectivity index (χ4v) is 4.54. The summed E-state index contributed by atoms with van der Waals surface area (Å²) in [5.74, 6) is -0.598. The molecule has 0 aliphatic heterocycles. The summed E-state index contributed by atoms with van der Waals surface area (Å²) < 4.78 is 40.3. The van der Waals surface area contributed by atoms with E-state index in [0.29, 0.717) is 21.4 Å². The van der Waals surface area contributed by atoms with Gasteiger partial charge in [0.05, 0.1) is 28.0 Å². The lowest BCUT2D eigenvalue weighted by atomic mass is 10.1. The fourth-order valence-electron chi connectivity index (χ4n) is 3.12. The third-order valence-electron chi connectivity index (χ3n) is 4.60. The van der Waals surface area contributed by atoms with Crippen LogP contribution in [0.1, 0.15) is 27.2 Å². The van der Waals surface area contributed by atoms with Crippen LogP contribution in [0.4, 0.5) is 18.3 Å². The zero-order chi connectivity index (χ0) is 22.2. The molecule has 4 rings (SSSR count). The van der Waals surface area contributed by atoms with Crippen molar-refractivity contribution in [2.45, 2.75) is 19.6 Å². The molecule has 2 aromatic heterocycles. The number of anilines is 1. The van der Waals surface area contributed by atoms with Gasteiger partial charge in [0.15, 0.2) is 5.13 Å². The van der Waals surface area contributed by atoms with E-state index >= 15 is 0 Å². The molecule has 4 nitrogen and oxygen atoms in total. The third kappa shape index (κ3) is 4.55. The predicted molar refractivity (Wildman–Crippen MR) is 116 cm³/mol. The number of nitrogens with zero attached hydrogens (tertiary/aromatic N) is 3. The molecule has 0 saturated heterocycles. The van der Waals surface area contributed by atoms with Crippen molar-refractivity contribution in [2.75, 3.05) is 4.90 Å². The van der Waals surface area contributed by atoms with Gasteiger partial charge >= 0.3 is 6.18 Å². The van der Waals surface area contributed by atoms with Crippen LogP contribution in [-0.4, -0.2) is 15.9 Å². The molecule has 158 valence electrons. The number of aromatic nitrogens is 2. The molecule has 0 saturated carbocycles. The highest BCUT2D eigenvalue weighted by Gasteiger charge is 2.32. The van der Waals surface area contributed by atoms with Gasteiger partial charge < -0.3 is 0 Å². The molecule has 0 aliphatic rings. The summed E-state index contributed by atoms with van der Waals surface area (Å²) in [7, 11) is 0. The van der Waals surface area contributed by atoms with Gasteiger partial charge in [-0.1, -0.05) is 35.1 Å². The van der Waals surface area contributed by atoms with Gasteiger partial charge in [0.2, 0.25) is 0 Å². The molecule has 0 spiro atoms. The second-order valence-corrected chi connectivity index (χ2v) is 8.30. The van der Waals surface area contributed by atoms with Crippen molar-refractivity contribution in [3.05, 3.63) is 88.2 Å². The second kappa shape index (κ2) is 8.28. The maximum absolute atomic E-state index is 13.3. The Hall–Kier alpha value is -2.97. The van der Waals surface area contributed by atoms with Crippen molar-refractivity contribution in [3.63, 3.8) is 0 Å². The van der Waals surface area contributed by atoms with E-state index in [4.69, 9.17) is 11.6 Å². The van der Waals surface area contributed by atoms with E-state index < -0.39 is 17.6 Å². The number of benzene rings is 2. The van der Waals surface area contributed by atoms with Crippen LogP contribution in [0.3, 0.4) is 0 Å². The highest BCUT2D eigenvalue weighted by Crippen LogP contribution is 2.35. The van der Waals surface area contributed by atoms with Gasteiger partial charge in [-0.05, 0) is 55.0 Å². The zero-order valence-corrected chi connectivity index (χ0v) is 17.7. The summed E-state index contributed by atoms with van der Waals surface area (Å²) in [4.78, 5) is 23.5. The molecule has 0 unspecified atom stereocenters. The number of rotatable bonds is 4. The van der Waals surface area contributed by atoms with E-state index in [9.17, 15) is 18.0 Å². The molecule has 4 aromatic rings. The SMILES string of the molecule is Cc1cc(Cl)cc2sc(N(Cc3ccccn3)C(=O)c3cccc(C(F)(F)F)c3)nc12. The Morgan fingerprint density at radius 1 is 1.13 bits per heavy atom. The normalized spacial score (nSPS) is 11.6.